The fourth-order valence-electron chi connectivity index (χ4n) is 4.83. The maximum atomic E-state index is 13.0. The molecule has 6 heteroatoms. The molecular formula is C26H29ClN2O2S. The highest BCUT2D eigenvalue weighted by atomic mass is 35.5. The number of fused-ring (bicyclic) bond motifs is 1. The molecule has 2 aliphatic rings. The van der Waals surface area contributed by atoms with E-state index in [-0.39, 0.29) is 23.2 Å². The van der Waals surface area contributed by atoms with Gasteiger partial charge in [0, 0.05) is 22.8 Å². The van der Waals surface area contributed by atoms with Crippen LogP contribution in [0.5, 0.6) is 0 Å². The highest BCUT2D eigenvalue weighted by molar-refractivity contribution is 8.18. The van der Waals surface area contributed by atoms with E-state index in [1.165, 1.54) is 16.2 Å². The van der Waals surface area contributed by atoms with Gasteiger partial charge < -0.3 is 4.90 Å². The summed E-state index contributed by atoms with van der Waals surface area (Å²) in [5.74, 6) is 0.163. The predicted molar refractivity (Wildman–Crippen MR) is 134 cm³/mol. The quantitative estimate of drug-likeness (QED) is 0.439. The third kappa shape index (κ3) is 4.33. The van der Waals surface area contributed by atoms with Gasteiger partial charge in [0.15, 0.2) is 0 Å². The Hall–Kier alpha value is -2.24. The second-order valence-corrected chi connectivity index (χ2v) is 10.6. The smallest absolute Gasteiger partial charge is 0.293 e. The van der Waals surface area contributed by atoms with E-state index in [4.69, 9.17) is 11.6 Å². The van der Waals surface area contributed by atoms with Crippen molar-refractivity contribution in [3.05, 3.63) is 69.1 Å². The van der Waals surface area contributed by atoms with Crippen molar-refractivity contribution in [2.75, 3.05) is 11.4 Å². The van der Waals surface area contributed by atoms with Gasteiger partial charge in [-0.05, 0) is 85.3 Å². The van der Waals surface area contributed by atoms with Crippen LogP contribution in [0.4, 0.5) is 10.5 Å². The molecule has 1 fully saturated rings. The summed E-state index contributed by atoms with van der Waals surface area (Å²) in [6, 6.07) is 13.7. The Balaban J connectivity index is 1.61. The molecule has 0 radical (unpaired) electrons. The summed E-state index contributed by atoms with van der Waals surface area (Å²) in [4.78, 5) is 29.8. The lowest BCUT2D eigenvalue weighted by Gasteiger charge is -2.47. The van der Waals surface area contributed by atoms with Gasteiger partial charge >= 0.3 is 0 Å². The summed E-state index contributed by atoms with van der Waals surface area (Å²) in [5, 5.41) is 0.294. The van der Waals surface area contributed by atoms with E-state index in [0.29, 0.717) is 15.8 Å². The summed E-state index contributed by atoms with van der Waals surface area (Å²) in [7, 11) is 0. The molecule has 2 aromatic carbocycles. The summed E-state index contributed by atoms with van der Waals surface area (Å²) >= 11 is 7.22. The van der Waals surface area contributed by atoms with Crippen molar-refractivity contribution in [2.24, 2.45) is 0 Å². The molecule has 2 aromatic rings. The van der Waals surface area contributed by atoms with Crippen LogP contribution in [-0.4, -0.2) is 28.1 Å². The maximum absolute atomic E-state index is 13.0. The lowest BCUT2D eigenvalue weighted by atomic mass is 9.79. The molecule has 0 bridgehead atoms. The van der Waals surface area contributed by atoms with Crippen molar-refractivity contribution >= 4 is 46.3 Å². The van der Waals surface area contributed by atoms with Crippen LogP contribution < -0.4 is 4.90 Å². The first kappa shape index (κ1) is 22.9. The fraction of sp³-hybridized carbons (Fsp3) is 0.385. The molecule has 168 valence electrons. The molecule has 2 amide bonds. The van der Waals surface area contributed by atoms with Gasteiger partial charge in [0.1, 0.15) is 0 Å². The number of thioether (sulfide) groups is 1. The summed E-state index contributed by atoms with van der Waals surface area (Å²) < 4.78 is 0. The van der Waals surface area contributed by atoms with Crippen molar-refractivity contribution in [2.45, 2.75) is 58.5 Å². The Morgan fingerprint density at radius 2 is 1.94 bits per heavy atom. The third-order valence-electron chi connectivity index (χ3n) is 6.31. The van der Waals surface area contributed by atoms with E-state index in [0.717, 1.165) is 42.3 Å². The Kier molecular flexibility index (Phi) is 6.42. The van der Waals surface area contributed by atoms with Crippen LogP contribution in [0.25, 0.3) is 6.08 Å². The van der Waals surface area contributed by atoms with Gasteiger partial charge in [-0.1, -0.05) is 49.7 Å². The fourth-order valence-corrected chi connectivity index (χ4v) is 5.86. The third-order valence-corrected chi connectivity index (χ3v) is 7.59. The van der Waals surface area contributed by atoms with Crippen LogP contribution >= 0.6 is 23.4 Å². The number of carbonyl (C=O) groups is 2. The van der Waals surface area contributed by atoms with E-state index in [1.54, 1.807) is 6.07 Å². The number of carbonyl (C=O) groups excluding carboxylic acids is 2. The Morgan fingerprint density at radius 3 is 2.66 bits per heavy atom. The molecule has 32 heavy (non-hydrogen) atoms. The van der Waals surface area contributed by atoms with Crippen molar-refractivity contribution < 1.29 is 9.59 Å². The number of nitrogens with zero attached hydrogens (tertiary/aromatic N) is 2. The number of amides is 2. The van der Waals surface area contributed by atoms with Crippen LogP contribution in [0.15, 0.2) is 47.4 Å². The average molecular weight is 469 g/mol. The molecule has 0 aliphatic carbocycles. The zero-order chi connectivity index (χ0) is 23.0. The highest BCUT2D eigenvalue weighted by Gasteiger charge is 2.37. The Morgan fingerprint density at radius 1 is 1.19 bits per heavy atom. The first-order valence-corrected chi connectivity index (χ1v) is 12.3. The number of benzene rings is 2. The minimum absolute atomic E-state index is 0.116. The minimum atomic E-state index is -0.264. The molecule has 1 saturated heterocycles. The van der Waals surface area contributed by atoms with E-state index in [1.807, 2.05) is 24.3 Å². The number of hydrogen-bond donors (Lipinski definition) is 0. The molecule has 0 aromatic heterocycles. The van der Waals surface area contributed by atoms with Gasteiger partial charge in [-0.15, -0.1) is 0 Å². The van der Waals surface area contributed by atoms with Gasteiger partial charge in [0.05, 0.1) is 11.4 Å². The lowest BCUT2D eigenvalue weighted by molar-refractivity contribution is -0.123. The second kappa shape index (κ2) is 8.95. The molecule has 4 rings (SSSR count). The SMILES string of the molecule is CCCN1c2ccc(/C=C3/SC(=O)N(Cc4ccccc4Cl)C3=O)cc2C(C)CC1(C)C. The van der Waals surface area contributed by atoms with Crippen molar-refractivity contribution in [3.8, 4) is 0 Å². The number of rotatable bonds is 5. The van der Waals surface area contributed by atoms with Gasteiger partial charge in [-0.25, -0.2) is 0 Å². The number of anilines is 1. The molecule has 1 unspecified atom stereocenters. The van der Waals surface area contributed by atoms with Crippen molar-refractivity contribution in [3.63, 3.8) is 0 Å². The molecule has 2 heterocycles. The van der Waals surface area contributed by atoms with E-state index < -0.39 is 0 Å². The number of imide groups is 1. The topological polar surface area (TPSA) is 40.6 Å². The monoisotopic (exact) mass is 468 g/mol. The molecular weight excluding hydrogens is 440 g/mol. The zero-order valence-electron chi connectivity index (χ0n) is 19.0. The Bertz CT molecular complexity index is 1090. The van der Waals surface area contributed by atoms with Crippen LogP contribution in [0.2, 0.25) is 5.02 Å². The molecule has 0 N–H and O–H groups in total. The minimum Gasteiger partial charge on any atom is -0.366 e. The van der Waals surface area contributed by atoms with Crippen LogP contribution in [-0.2, 0) is 11.3 Å². The van der Waals surface area contributed by atoms with Gasteiger partial charge in [0.25, 0.3) is 11.1 Å². The summed E-state index contributed by atoms with van der Waals surface area (Å²) in [6.45, 7) is 10.3. The molecule has 4 nitrogen and oxygen atoms in total. The second-order valence-electron chi connectivity index (χ2n) is 9.25. The normalized spacial score (nSPS) is 21.4. The average Bonchev–Trinajstić information content (AvgIpc) is 3.00. The molecule has 2 aliphatic heterocycles. The van der Waals surface area contributed by atoms with Crippen LogP contribution in [0.3, 0.4) is 0 Å². The first-order chi connectivity index (χ1) is 15.2. The van der Waals surface area contributed by atoms with Gasteiger partial charge in [0.2, 0.25) is 0 Å². The van der Waals surface area contributed by atoms with E-state index in [2.05, 4.69) is 50.8 Å². The van der Waals surface area contributed by atoms with Crippen LogP contribution in [0.1, 0.15) is 63.1 Å². The number of hydrogen-bond acceptors (Lipinski definition) is 4. The predicted octanol–water partition coefficient (Wildman–Crippen LogP) is 7.08. The highest BCUT2D eigenvalue weighted by Crippen LogP contribution is 2.44. The Labute approximate surface area is 199 Å². The maximum Gasteiger partial charge on any atom is 0.293 e. The van der Waals surface area contributed by atoms with Gasteiger partial charge in [-0.3, -0.25) is 14.5 Å². The molecule has 0 saturated carbocycles. The molecule has 0 spiro atoms. The number of halogens is 1. The van der Waals surface area contributed by atoms with Crippen molar-refractivity contribution in [1.82, 2.24) is 4.90 Å². The van der Waals surface area contributed by atoms with Crippen molar-refractivity contribution in [1.29, 1.82) is 0 Å². The largest absolute Gasteiger partial charge is 0.366 e. The standard InChI is InChI=1S/C26H29ClN2O2S/c1-5-12-29-22-11-10-18(13-20(22)17(2)15-26(29,3)4)14-23-24(30)28(25(31)32-23)16-19-8-6-7-9-21(19)27/h6-11,13-14,17H,5,12,15-16H2,1-4H3/b23-14+. The van der Waals surface area contributed by atoms with E-state index >= 15 is 0 Å². The lowest BCUT2D eigenvalue weighted by Crippen LogP contribution is -2.48. The summed E-state index contributed by atoms with van der Waals surface area (Å²) in [6.07, 6.45) is 4.02. The zero-order valence-corrected chi connectivity index (χ0v) is 20.6. The molecule has 1 atom stereocenters. The first-order valence-electron chi connectivity index (χ1n) is 11.1. The van der Waals surface area contributed by atoms with E-state index in [9.17, 15) is 9.59 Å². The van der Waals surface area contributed by atoms with Crippen LogP contribution in [0, 0.1) is 0 Å². The summed E-state index contributed by atoms with van der Waals surface area (Å²) in [5.41, 5.74) is 4.42. The van der Waals surface area contributed by atoms with Gasteiger partial charge in [-0.2, -0.15) is 0 Å².